The lowest BCUT2D eigenvalue weighted by molar-refractivity contribution is -0.385. The van der Waals surface area contributed by atoms with E-state index in [9.17, 15) is 18.5 Å². The van der Waals surface area contributed by atoms with Crippen LogP contribution in [-0.4, -0.2) is 90.7 Å². The number of non-ortho nitro benzene ring substituents is 1. The molecule has 28 heavy (non-hydrogen) atoms. The van der Waals surface area contributed by atoms with Gasteiger partial charge < -0.3 is 10.0 Å². The molecule has 0 unspecified atom stereocenters. The van der Waals surface area contributed by atoms with Crippen LogP contribution in [0.25, 0.3) is 0 Å². The maximum atomic E-state index is 13.3. The molecule has 1 aromatic carbocycles. The molecule has 0 spiro atoms. The maximum absolute atomic E-state index is 13.3. The first-order valence-corrected chi connectivity index (χ1v) is 12.5. The van der Waals surface area contributed by atoms with E-state index in [4.69, 9.17) is 5.11 Å². The number of hydrogen-bond acceptors (Lipinski definition) is 7. The molecule has 0 amide bonds. The number of piperazine rings is 1. The highest BCUT2D eigenvalue weighted by atomic mass is 79.9. The number of β-amino-alcohol motifs (C(OH)–C–C–N with tert-alkyl or cyclic N) is 1. The SMILES string of the molecule is O=[N+]([O-])c1ccc(N(CCBr)CCBr)c(S(=O)(=O)N2CCN(CCO)CC2)c1. The van der Waals surface area contributed by atoms with Gasteiger partial charge in [-0.3, -0.25) is 15.0 Å². The maximum Gasteiger partial charge on any atom is 0.270 e. The second-order valence-corrected chi connectivity index (χ2v) is 9.74. The fraction of sp³-hybridized carbons (Fsp3) is 0.625. The van der Waals surface area contributed by atoms with E-state index in [1.807, 2.05) is 9.80 Å². The van der Waals surface area contributed by atoms with Gasteiger partial charge in [-0.2, -0.15) is 4.31 Å². The van der Waals surface area contributed by atoms with Crippen molar-refractivity contribution in [1.29, 1.82) is 0 Å². The number of hydrogen-bond donors (Lipinski definition) is 1. The Balaban J connectivity index is 2.42. The van der Waals surface area contributed by atoms with Crippen LogP contribution in [0.5, 0.6) is 0 Å². The smallest absolute Gasteiger partial charge is 0.270 e. The molecular weight excluding hydrogens is 520 g/mol. The molecule has 1 aromatic rings. The van der Waals surface area contributed by atoms with Crippen LogP contribution in [0.4, 0.5) is 11.4 Å². The molecule has 1 N–H and O–H groups in total. The van der Waals surface area contributed by atoms with E-state index in [2.05, 4.69) is 31.9 Å². The lowest BCUT2D eigenvalue weighted by Gasteiger charge is -2.34. The van der Waals surface area contributed by atoms with E-state index < -0.39 is 14.9 Å². The molecule has 0 atom stereocenters. The van der Waals surface area contributed by atoms with Crippen molar-refractivity contribution in [2.45, 2.75) is 4.90 Å². The van der Waals surface area contributed by atoms with Crippen molar-refractivity contribution in [3.05, 3.63) is 28.3 Å². The van der Waals surface area contributed by atoms with Crippen LogP contribution in [0.2, 0.25) is 0 Å². The molecule has 1 fully saturated rings. The Hall–Kier alpha value is -0.790. The zero-order valence-corrected chi connectivity index (χ0v) is 19.3. The quantitative estimate of drug-likeness (QED) is 0.270. The largest absolute Gasteiger partial charge is 0.395 e. The molecule has 0 radical (unpaired) electrons. The lowest BCUT2D eigenvalue weighted by Crippen LogP contribution is -2.49. The number of sulfonamides is 1. The first-order valence-electron chi connectivity index (χ1n) is 8.83. The van der Waals surface area contributed by atoms with E-state index in [-0.39, 0.29) is 30.3 Å². The van der Waals surface area contributed by atoms with E-state index in [0.717, 1.165) is 6.07 Å². The molecule has 1 saturated heterocycles. The number of benzene rings is 1. The molecule has 12 heteroatoms. The molecule has 9 nitrogen and oxygen atoms in total. The Morgan fingerprint density at radius 2 is 1.75 bits per heavy atom. The number of alkyl halides is 2. The van der Waals surface area contributed by atoms with Gasteiger partial charge in [-0.1, -0.05) is 31.9 Å². The predicted molar refractivity (Wildman–Crippen MR) is 115 cm³/mol. The second-order valence-electron chi connectivity index (χ2n) is 6.24. The Labute approximate surface area is 181 Å². The summed E-state index contributed by atoms with van der Waals surface area (Å²) in [6.07, 6.45) is 0. The summed E-state index contributed by atoms with van der Waals surface area (Å²) in [5.41, 5.74) is 0.209. The highest BCUT2D eigenvalue weighted by molar-refractivity contribution is 9.09. The molecule has 1 aliphatic rings. The van der Waals surface area contributed by atoms with Crippen LogP contribution in [0.3, 0.4) is 0 Å². The summed E-state index contributed by atoms with van der Waals surface area (Å²) in [6.45, 7) is 3.23. The average molecular weight is 544 g/mol. The Bertz CT molecular complexity index is 766. The normalized spacial score (nSPS) is 16.2. The van der Waals surface area contributed by atoms with Crippen LogP contribution in [0.1, 0.15) is 0 Å². The van der Waals surface area contributed by atoms with Crippen molar-refractivity contribution >= 4 is 53.3 Å². The summed E-state index contributed by atoms with van der Waals surface area (Å²) >= 11 is 6.75. The number of nitro groups is 1. The van der Waals surface area contributed by atoms with Gasteiger partial charge in [0.05, 0.1) is 17.2 Å². The van der Waals surface area contributed by atoms with Gasteiger partial charge in [0, 0.05) is 68.6 Å². The summed E-state index contributed by atoms with van der Waals surface area (Å²) in [5.74, 6) is 0. The molecular formula is C16H24Br2N4O5S. The van der Waals surface area contributed by atoms with Crippen molar-refractivity contribution in [3.8, 4) is 0 Å². The summed E-state index contributed by atoms with van der Waals surface area (Å²) in [5, 5.41) is 21.6. The van der Waals surface area contributed by atoms with Crippen LogP contribution in [-0.2, 0) is 10.0 Å². The van der Waals surface area contributed by atoms with Crippen molar-refractivity contribution in [3.63, 3.8) is 0 Å². The Kier molecular flexibility index (Phi) is 9.09. The van der Waals surface area contributed by atoms with Gasteiger partial charge in [-0.05, 0) is 6.07 Å². The monoisotopic (exact) mass is 542 g/mol. The molecule has 158 valence electrons. The van der Waals surface area contributed by atoms with Gasteiger partial charge in [0.2, 0.25) is 10.0 Å². The van der Waals surface area contributed by atoms with Gasteiger partial charge in [0.25, 0.3) is 5.69 Å². The van der Waals surface area contributed by atoms with Crippen LogP contribution in [0.15, 0.2) is 23.1 Å². The topological polar surface area (TPSA) is 107 Å². The number of halogens is 2. The third kappa shape index (κ3) is 5.63. The van der Waals surface area contributed by atoms with Crippen molar-refractivity contribution in [2.75, 3.05) is 68.0 Å². The van der Waals surface area contributed by atoms with Crippen LogP contribution >= 0.6 is 31.9 Å². The zero-order chi connectivity index (χ0) is 20.7. The minimum absolute atomic E-state index is 0.0236. The van der Waals surface area contributed by atoms with Gasteiger partial charge in [0.15, 0.2) is 0 Å². The second kappa shape index (κ2) is 10.8. The number of aliphatic hydroxyl groups is 1. The van der Waals surface area contributed by atoms with Gasteiger partial charge in [0.1, 0.15) is 4.90 Å². The van der Waals surface area contributed by atoms with Gasteiger partial charge in [-0.25, -0.2) is 8.42 Å². The molecule has 1 aliphatic heterocycles. The molecule has 0 aromatic heterocycles. The number of rotatable bonds is 10. The van der Waals surface area contributed by atoms with E-state index in [1.54, 1.807) is 0 Å². The number of nitro benzene ring substituents is 1. The molecule has 2 rings (SSSR count). The van der Waals surface area contributed by atoms with Gasteiger partial charge >= 0.3 is 0 Å². The highest BCUT2D eigenvalue weighted by Gasteiger charge is 2.32. The van der Waals surface area contributed by atoms with Crippen molar-refractivity contribution in [1.82, 2.24) is 9.21 Å². The van der Waals surface area contributed by atoms with Crippen LogP contribution < -0.4 is 4.90 Å². The summed E-state index contributed by atoms with van der Waals surface area (Å²) in [4.78, 5) is 14.5. The van der Waals surface area contributed by atoms with E-state index >= 15 is 0 Å². The molecule has 0 aliphatic carbocycles. The summed E-state index contributed by atoms with van der Waals surface area (Å²) in [7, 11) is -3.90. The molecule has 1 heterocycles. The minimum atomic E-state index is -3.90. The summed E-state index contributed by atoms with van der Waals surface area (Å²) < 4.78 is 28.1. The third-order valence-corrected chi connectivity index (χ3v) is 7.21. The number of anilines is 1. The average Bonchev–Trinajstić information content (AvgIpc) is 2.68. The highest BCUT2D eigenvalue weighted by Crippen LogP contribution is 2.32. The van der Waals surface area contributed by atoms with Crippen molar-refractivity contribution in [2.24, 2.45) is 0 Å². The Morgan fingerprint density at radius 1 is 1.14 bits per heavy atom. The summed E-state index contributed by atoms with van der Waals surface area (Å²) in [6, 6.07) is 4.00. The first kappa shape index (κ1) is 23.5. The predicted octanol–water partition coefficient (Wildman–Crippen LogP) is 1.49. The fourth-order valence-electron chi connectivity index (χ4n) is 3.11. The molecule has 0 bridgehead atoms. The molecule has 0 saturated carbocycles. The number of aliphatic hydroxyl groups excluding tert-OH is 1. The van der Waals surface area contributed by atoms with Crippen LogP contribution in [0, 0.1) is 10.1 Å². The van der Waals surface area contributed by atoms with E-state index in [1.165, 1.54) is 16.4 Å². The Morgan fingerprint density at radius 3 is 2.25 bits per heavy atom. The standard InChI is InChI=1S/C16H24Br2N4O5S/c17-3-5-20(6-4-18)15-2-1-14(22(24)25)13-16(15)28(26,27)21-9-7-19(8-10-21)11-12-23/h1-2,13,23H,3-12H2. The minimum Gasteiger partial charge on any atom is -0.395 e. The number of nitrogens with zero attached hydrogens (tertiary/aromatic N) is 4. The van der Waals surface area contributed by atoms with Gasteiger partial charge in [-0.15, -0.1) is 0 Å². The zero-order valence-electron chi connectivity index (χ0n) is 15.3. The van der Waals surface area contributed by atoms with Crippen molar-refractivity contribution < 1.29 is 18.4 Å². The fourth-order valence-corrected chi connectivity index (χ4v) is 5.62. The lowest BCUT2D eigenvalue weighted by atomic mass is 10.2. The van der Waals surface area contributed by atoms with E-state index in [0.29, 0.717) is 49.1 Å². The third-order valence-electron chi connectivity index (χ3n) is 4.57. The first-order chi connectivity index (χ1) is 13.3.